The molecule has 10 aromatic rings. The second-order valence-electron chi connectivity index (χ2n) is 12.6. The zero-order valence-corrected chi connectivity index (χ0v) is 28.2. The van der Waals surface area contributed by atoms with Crippen molar-refractivity contribution in [3.63, 3.8) is 0 Å². The molecular weight excluding hydrogens is 643 g/mol. The predicted octanol–water partition coefficient (Wildman–Crippen LogP) is 13.2. The molecule has 0 saturated heterocycles. The third-order valence-electron chi connectivity index (χ3n) is 9.46. The van der Waals surface area contributed by atoms with E-state index in [4.69, 9.17) is 14.4 Å². The lowest BCUT2D eigenvalue weighted by atomic mass is 9.99. The van der Waals surface area contributed by atoms with Crippen LogP contribution in [0.15, 0.2) is 180 Å². The van der Waals surface area contributed by atoms with Gasteiger partial charge >= 0.3 is 0 Å². The second-order valence-corrected chi connectivity index (χ2v) is 13.6. The van der Waals surface area contributed by atoms with Crippen molar-refractivity contribution in [2.24, 2.45) is 0 Å². The molecule has 0 aliphatic heterocycles. The topological polar surface area (TPSA) is 42.2 Å². The Labute approximate surface area is 298 Å². The Morgan fingerprint density at radius 1 is 0.471 bits per heavy atom. The number of aromatic nitrogens is 2. The summed E-state index contributed by atoms with van der Waals surface area (Å²) in [5.74, 6) is 0.674. The van der Waals surface area contributed by atoms with Gasteiger partial charge in [-0.15, -0.1) is 11.3 Å². The van der Waals surface area contributed by atoms with Crippen LogP contribution in [0.5, 0.6) is 0 Å². The molecule has 0 N–H and O–H groups in total. The van der Waals surface area contributed by atoms with Gasteiger partial charge in [0.05, 0.1) is 27.5 Å². The van der Waals surface area contributed by atoms with Gasteiger partial charge in [-0.25, -0.2) is 9.97 Å². The molecular formula is C46H29N3OS. The third-order valence-corrected chi connectivity index (χ3v) is 10.7. The van der Waals surface area contributed by atoms with Gasteiger partial charge < -0.3 is 9.32 Å². The van der Waals surface area contributed by atoms with E-state index in [1.165, 1.54) is 20.2 Å². The first-order chi connectivity index (χ1) is 25.3. The number of hydrogen-bond donors (Lipinski definition) is 0. The van der Waals surface area contributed by atoms with E-state index in [1.54, 1.807) is 0 Å². The first kappa shape index (κ1) is 29.4. The number of nitrogens with zero attached hydrogens (tertiary/aromatic N) is 3. The number of fused-ring (bicyclic) bond motifs is 6. The van der Waals surface area contributed by atoms with Gasteiger partial charge in [0.1, 0.15) is 11.2 Å². The molecule has 0 radical (unpaired) electrons. The molecule has 0 fully saturated rings. The molecule has 3 aromatic heterocycles. The van der Waals surface area contributed by atoms with Crippen molar-refractivity contribution in [3.05, 3.63) is 176 Å². The fourth-order valence-corrected chi connectivity index (χ4v) is 8.35. The smallest absolute Gasteiger partial charge is 0.160 e. The fourth-order valence-electron chi connectivity index (χ4n) is 7.14. The summed E-state index contributed by atoms with van der Waals surface area (Å²) < 4.78 is 9.17. The van der Waals surface area contributed by atoms with E-state index in [-0.39, 0.29) is 0 Å². The molecule has 5 heteroatoms. The van der Waals surface area contributed by atoms with Crippen molar-refractivity contribution in [1.82, 2.24) is 9.97 Å². The molecule has 51 heavy (non-hydrogen) atoms. The number of thiophene rings is 1. The monoisotopic (exact) mass is 671 g/mol. The van der Waals surface area contributed by atoms with Gasteiger partial charge in [0, 0.05) is 54.7 Å². The fraction of sp³-hybridized carbons (Fsp3) is 0. The summed E-state index contributed by atoms with van der Waals surface area (Å²) in [6.45, 7) is 0. The second kappa shape index (κ2) is 12.1. The van der Waals surface area contributed by atoms with Crippen LogP contribution in [-0.4, -0.2) is 9.97 Å². The van der Waals surface area contributed by atoms with Crippen LogP contribution in [0.4, 0.5) is 17.1 Å². The van der Waals surface area contributed by atoms with Crippen molar-refractivity contribution in [2.75, 3.05) is 4.90 Å². The molecule has 0 amide bonds. The lowest BCUT2D eigenvalue weighted by Crippen LogP contribution is -2.10. The van der Waals surface area contributed by atoms with Crippen LogP contribution in [0.25, 0.3) is 76.0 Å². The third kappa shape index (κ3) is 5.06. The Morgan fingerprint density at radius 2 is 1.12 bits per heavy atom. The quantitative estimate of drug-likeness (QED) is 0.176. The summed E-state index contributed by atoms with van der Waals surface area (Å²) in [4.78, 5) is 12.7. The van der Waals surface area contributed by atoms with Gasteiger partial charge in [0.25, 0.3) is 0 Å². The SMILES string of the molecule is c1ccc(-c2cc(-c3cc(N(c4ccccc4)c4cccc5c4sc4ccccc45)cc4oc5ccccc5c34)nc(-c3ccccc3)n2)cc1. The molecule has 0 spiro atoms. The normalized spacial score (nSPS) is 11.5. The van der Waals surface area contributed by atoms with E-state index in [0.29, 0.717) is 5.82 Å². The average molecular weight is 672 g/mol. The zero-order valence-electron chi connectivity index (χ0n) is 27.4. The summed E-state index contributed by atoms with van der Waals surface area (Å²) in [7, 11) is 0. The Morgan fingerprint density at radius 3 is 1.92 bits per heavy atom. The average Bonchev–Trinajstić information content (AvgIpc) is 3.78. The van der Waals surface area contributed by atoms with E-state index < -0.39 is 0 Å². The van der Waals surface area contributed by atoms with Gasteiger partial charge in [-0.2, -0.15) is 0 Å². The maximum atomic E-state index is 6.67. The van der Waals surface area contributed by atoms with Gasteiger partial charge in [-0.1, -0.05) is 127 Å². The molecule has 0 unspecified atom stereocenters. The molecule has 0 saturated carbocycles. The Balaban J connectivity index is 1.29. The van der Waals surface area contributed by atoms with Crippen LogP contribution in [0, 0.1) is 0 Å². The van der Waals surface area contributed by atoms with Crippen LogP contribution >= 0.6 is 11.3 Å². The van der Waals surface area contributed by atoms with Crippen LogP contribution in [0.2, 0.25) is 0 Å². The van der Waals surface area contributed by atoms with E-state index in [1.807, 2.05) is 59.9 Å². The van der Waals surface area contributed by atoms with E-state index >= 15 is 0 Å². The number of furan rings is 1. The largest absolute Gasteiger partial charge is 0.456 e. The van der Waals surface area contributed by atoms with Gasteiger partial charge in [0.15, 0.2) is 5.82 Å². The number of benzene rings is 7. The molecule has 4 nitrogen and oxygen atoms in total. The lowest BCUT2D eigenvalue weighted by molar-refractivity contribution is 0.669. The molecule has 0 aliphatic carbocycles. The van der Waals surface area contributed by atoms with E-state index in [9.17, 15) is 0 Å². The lowest BCUT2D eigenvalue weighted by Gasteiger charge is -2.26. The molecule has 0 atom stereocenters. The predicted molar refractivity (Wildman–Crippen MR) is 213 cm³/mol. The number of rotatable bonds is 6. The standard InChI is InChI=1S/C46H29N3OS/c1-4-15-30(16-5-1)38-29-39(48-46(47-38)31-17-6-2-7-18-31)37-27-33(28-42-44(37)36-22-10-12-25-41(36)50-42)49(32-19-8-3-9-20-32)40-24-14-23-35-34-21-11-13-26-43(34)51-45(35)40/h1-29H. The highest BCUT2D eigenvalue weighted by Gasteiger charge is 2.23. The summed E-state index contributed by atoms with van der Waals surface area (Å²) >= 11 is 1.83. The highest BCUT2D eigenvalue weighted by Crippen LogP contribution is 2.47. The summed E-state index contributed by atoms with van der Waals surface area (Å²) in [6, 6.07) is 61.2. The summed E-state index contributed by atoms with van der Waals surface area (Å²) in [5, 5.41) is 4.59. The molecule has 7 aromatic carbocycles. The maximum absolute atomic E-state index is 6.67. The highest BCUT2D eigenvalue weighted by molar-refractivity contribution is 7.26. The van der Waals surface area contributed by atoms with Crippen molar-refractivity contribution in [3.8, 4) is 33.9 Å². The van der Waals surface area contributed by atoms with Crippen LogP contribution in [-0.2, 0) is 0 Å². The minimum atomic E-state index is 0.674. The molecule has 0 bridgehead atoms. The Bertz CT molecular complexity index is 2800. The summed E-state index contributed by atoms with van der Waals surface area (Å²) in [6.07, 6.45) is 0. The Hall–Kier alpha value is -6.56. The van der Waals surface area contributed by atoms with Crippen molar-refractivity contribution >= 4 is 70.5 Å². The molecule has 3 heterocycles. The minimum Gasteiger partial charge on any atom is -0.456 e. The maximum Gasteiger partial charge on any atom is 0.160 e. The first-order valence-electron chi connectivity index (χ1n) is 17.0. The number of anilines is 3. The van der Waals surface area contributed by atoms with Crippen molar-refractivity contribution < 1.29 is 4.42 Å². The molecule has 240 valence electrons. The van der Waals surface area contributed by atoms with Gasteiger partial charge in [0.2, 0.25) is 0 Å². The van der Waals surface area contributed by atoms with Gasteiger partial charge in [-0.3, -0.25) is 0 Å². The minimum absolute atomic E-state index is 0.674. The number of hydrogen-bond acceptors (Lipinski definition) is 5. The van der Waals surface area contributed by atoms with Crippen molar-refractivity contribution in [2.45, 2.75) is 0 Å². The van der Waals surface area contributed by atoms with Crippen LogP contribution in [0.1, 0.15) is 0 Å². The zero-order chi connectivity index (χ0) is 33.7. The van der Waals surface area contributed by atoms with E-state index in [0.717, 1.165) is 67.1 Å². The van der Waals surface area contributed by atoms with Crippen LogP contribution < -0.4 is 4.90 Å². The van der Waals surface area contributed by atoms with Gasteiger partial charge in [-0.05, 0) is 42.5 Å². The van der Waals surface area contributed by atoms with Crippen molar-refractivity contribution in [1.29, 1.82) is 0 Å². The Kier molecular flexibility index (Phi) is 6.96. The highest BCUT2D eigenvalue weighted by atomic mass is 32.1. The van der Waals surface area contributed by atoms with E-state index in [2.05, 4.69) is 132 Å². The first-order valence-corrected chi connectivity index (χ1v) is 17.8. The number of para-hydroxylation sites is 2. The summed E-state index contributed by atoms with van der Waals surface area (Å²) in [5.41, 5.74) is 9.45. The van der Waals surface area contributed by atoms with Crippen LogP contribution in [0.3, 0.4) is 0 Å². The molecule has 10 rings (SSSR count). The molecule has 0 aliphatic rings.